The molecular weight excluding hydrogens is 373 g/mol. The highest BCUT2D eigenvalue weighted by Crippen LogP contribution is 2.34. The summed E-state index contributed by atoms with van der Waals surface area (Å²) >= 11 is 10.9. The summed E-state index contributed by atoms with van der Waals surface area (Å²) in [5, 5.41) is 5.54. The molecule has 0 aromatic heterocycles. The van der Waals surface area contributed by atoms with Crippen LogP contribution in [0.5, 0.6) is 0 Å². The molecule has 1 aliphatic heterocycles. The van der Waals surface area contributed by atoms with Crippen molar-refractivity contribution in [2.24, 2.45) is 0 Å². The average molecular weight is 387 g/mol. The van der Waals surface area contributed by atoms with Gasteiger partial charge in [0.1, 0.15) is 0 Å². The summed E-state index contributed by atoms with van der Waals surface area (Å²) in [6, 6.07) is 2.84. The summed E-state index contributed by atoms with van der Waals surface area (Å²) in [4.78, 5) is 0. The SMILES string of the molecule is C[C@@]1(NC(=S)Nc2cc(C(F)(F)F)ccc2Cl)CCS(=O)(=O)C1. The molecular formula is C13H14ClF3N2O2S2. The van der Waals surface area contributed by atoms with Crippen molar-refractivity contribution in [3.63, 3.8) is 0 Å². The number of anilines is 1. The Morgan fingerprint density at radius 2 is 2.04 bits per heavy atom. The summed E-state index contributed by atoms with van der Waals surface area (Å²) in [5.41, 5.74) is -1.61. The molecule has 2 rings (SSSR count). The fraction of sp³-hybridized carbons (Fsp3) is 0.462. The number of sulfone groups is 1. The van der Waals surface area contributed by atoms with Gasteiger partial charge in [-0.2, -0.15) is 13.2 Å². The van der Waals surface area contributed by atoms with Gasteiger partial charge in [0.25, 0.3) is 0 Å². The summed E-state index contributed by atoms with van der Waals surface area (Å²) in [6.07, 6.45) is -4.13. The van der Waals surface area contributed by atoms with Crippen molar-refractivity contribution in [2.75, 3.05) is 16.8 Å². The largest absolute Gasteiger partial charge is 0.416 e. The van der Waals surface area contributed by atoms with Gasteiger partial charge in [-0.05, 0) is 43.8 Å². The Morgan fingerprint density at radius 3 is 2.57 bits per heavy atom. The Bertz CT molecular complexity index is 737. The van der Waals surface area contributed by atoms with Crippen LogP contribution in [0.3, 0.4) is 0 Å². The van der Waals surface area contributed by atoms with Crippen molar-refractivity contribution in [1.29, 1.82) is 0 Å². The van der Waals surface area contributed by atoms with E-state index < -0.39 is 27.1 Å². The third-order valence-electron chi connectivity index (χ3n) is 3.46. The molecule has 0 spiro atoms. The Balaban J connectivity index is 2.12. The lowest BCUT2D eigenvalue weighted by Gasteiger charge is -2.26. The molecule has 1 atom stereocenters. The Labute approximate surface area is 142 Å². The van der Waals surface area contributed by atoms with Crippen molar-refractivity contribution in [3.8, 4) is 0 Å². The third-order valence-corrected chi connectivity index (χ3v) is 5.90. The molecule has 1 aromatic rings. The van der Waals surface area contributed by atoms with E-state index in [1.54, 1.807) is 6.92 Å². The van der Waals surface area contributed by atoms with Crippen LogP contribution >= 0.6 is 23.8 Å². The van der Waals surface area contributed by atoms with E-state index in [1.807, 2.05) is 0 Å². The lowest BCUT2D eigenvalue weighted by molar-refractivity contribution is -0.137. The molecule has 0 amide bonds. The molecule has 1 aliphatic rings. The van der Waals surface area contributed by atoms with Crippen molar-refractivity contribution >= 4 is 44.5 Å². The second-order valence-corrected chi connectivity index (χ2v) is 8.67. The summed E-state index contributed by atoms with van der Waals surface area (Å²) < 4.78 is 61.3. The van der Waals surface area contributed by atoms with E-state index in [1.165, 1.54) is 0 Å². The molecule has 0 saturated carbocycles. The molecule has 1 fully saturated rings. The van der Waals surface area contributed by atoms with Gasteiger partial charge in [-0.3, -0.25) is 0 Å². The van der Waals surface area contributed by atoms with E-state index in [0.29, 0.717) is 6.42 Å². The molecule has 1 heterocycles. The lowest BCUT2D eigenvalue weighted by atomic mass is 10.0. The number of rotatable bonds is 2. The van der Waals surface area contributed by atoms with E-state index in [0.717, 1.165) is 18.2 Å². The minimum Gasteiger partial charge on any atom is -0.356 e. The monoisotopic (exact) mass is 386 g/mol. The van der Waals surface area contributed by atoms with Crippen LogP contribution in [0.25, 0.3) is 0 Å². The van der Waals surface area contributed by atoms with Crippen molar-refractivity contribution in [2.45, 2.75) is 25.1 Å². The fourth-order valence-electron chi connectivity index (χ4n) is 2.33. The first-order valence-corrected chi connectivity index (χ1v) is 9.17. The quantitative estimate of drug-likeness (QED) is 0.764. The maximum Gasteiger partial charge on any atom is 0.416 e. The first-order valence-electron chi connectivity index (χ1n) is 6.57. The maximum atomic E-state index is 12.7. The summed E-state index contributed by atoms with van der Waals surface area (Å²) in [7, 11) is -3.13. The standard InChI is InChI=1S/C13H14ClF3N2O2S2/c1-12(4-5-23(20,21)7-12)19-11(22)18-10-6-8(13(15,16)17)2-3-9(10)14/h2-3,6H,4-5,7H2,1H3,(H2,18,19,22)/t12-/m1/s1. The summed E-state index contributed by atoms with van der Waals surface area (Å²) in [6.45, 7) is 1.69. The number of alkyl halides is 3. The number of halogens is 4. The predicted octanol–water partition coefficient (Wildman–Crippen LogP) is 3.22. The van der Waals surface area contributed by atoms with Crippen LogP contribution in [-0.2, 0) is 16.0 Å². The van der Waals surface area contributed by atoms with Crippen molar-refractivity contribution < 1.29 is 21.6 Å². The number of thiocarbonyl (C=S) groups is 1. The maximum absolute atomic E-state index is 12.7. The Morgan fingerprint density at radius 1 is 1.39 bits per heavy atom. The number of nitrogens with one attached hydrogen (secondary N) is 2. The molecule has 128 valence electrons. The van der Waals surface area contributed by atoms with E-state index in [9.17, 15) is 21.6 Å². The highest BCUT2D eigenvalue weighted by atomic mass is 35.5. The molecule has 23 heavy (non-hydrogen) atoms. The molecule has 0 aliphatic carbocycles. The van der Waals surface area contributed by atoms with Gasteiger partial charge in [-0.15, -0.1) is 0 Å². The van der Waals surface area contributed by atoms with Gasteiger partial charge in [0.2, 0.25) is 0 Å². The second-order valence-electron chi connectivity index (χ2n) is 5.67. The van der Waals surface area contributed by atoms with Crippen LogP contribution < -0.4 is 10.6 Å². The number of hydrogen-bond donors (Lipinski definition) is 2. The van der Waals surface area contributed by atoms with E-state index in [4.69, 9.17) is 23.8 Å². The molecule has 1 saturated heterocycles. The topological polar surface area (TPSA) is 58.2 Å². The lowest BCUT2D eigenvalue weighted by Crippen LogP contribution is -2.48. The smallest absolute Gasteiger partial charge is 0.356 e. The molecule has 2 N–H and O–H groups in total. The highest BCUT2D eigenvalue weighted by molar-refractivity contribution is 7.91. The zero-order valence-electron chi connectivity index (χ0n) is 12.0. The van der Waals surface area contributed by atoms with Crippen LogP contribution in [0, 0.1) is 0 Å². The van der Waals surface area contributed by atoms with Crippen LogP contribution in [0.15, 0.2) is 18.2 Å². The van der Waals surface area contributed by atoms with E-state index in [2.05, 4.69) is 10.6 Å². The summed E-state index contributed by atoms with van der Waals surface area (Å²) in [5.74, 6) is -0.0401. The van der Waals surface area contributed by atoms with Crippen molar-refractivity contribution in [3.05, 3.63) is 28.8 Å². The van der Waals surface area contributed by atoms with Crippen LogP contribution in [-0.4, -0.2) is 30.6 Å². The van der Waals surface area contributed by atoms with Crippen molar-refractivity contribution in [1.82, 2.24) is 5.32 Å². The Hall–Kier alpha value is -1.06. The zero-order valence-corrected chi connectivity index (χ0v) is 14.4. The van der Waals surface area contributed by atoms with Gasteiger partial charge in [-0.25, -0.2) is 8.42 Å². The van der Waals surface area contributed by atoms with Gasteiger partial charge in [0, 0.05) is 0 Å². The van der Waals surface area contributed by atoms with Crippen LogP contribution in [0.4, 0.5) is 18.9 Å². The van der Waals surface area contributed by atoms with Gasteiger partial charge >= 0.3 is 6.18 Å². The van der Waals surface area contributed by atoms with Gasteiger partial charge in [0.05, 0.1) is 33.3 Å². The van der Waals surface area contributed by atoms with Gasteiger partial charge in [0.15, 0.2) is 14.9 Å². The van der Waals surface area contributed by atoms with Crippen LogP contribution in [0.2, 0.25) is 5.02 Å². The average Bonchev–Trinajstić information content (AvgIpc) is 2.64. The predicted molar refractivity (Wildman–Crippen MR) is 87.5 cm³/mol. The molecule has 1 aromatic carbocycles. The number of hydrogen-bond acceptors (Lipinski definition) is 3. The normalized spacial score (nSPS) is 23.5. The third kappa shape index (κ3) is 4.71. The number of benzene rings is 1. The second kappa shape index (κ2) is 6.10. The minimum atomic E-state index is -4.50. The van der Waals surface area contributed by atoms with E-state index in [-0.39, 0.29) is 27.3 Å². The molecule has 10 heteroatoms. The Kier molecular flexibility index (Phi) is 4.85. The first kappa shape index (κ1) is 18.3. The van der Waals surface area contributed by atoms with Crippen LogP contribution in [0.1, 0.15) is 18.9 Å². The minimum absolute atomic E-state index is 0.00319. The zero-order chi connectivity index (χ0) is 17.5. The molecule has 4 nitrogen and oxygen atoms in total. The first-order chi connectivity index (χ1) is 10.4. The fourth-order valence-corrected chi connectivity index (χ4v) is 4.95. The highest BCUT2D eigenvalue weighted by Gasteiger charge is 2.39. The molecule has 0 bridgehead atoms. The van der Waals surface area contributed by atoms with Gasteiger partial charge < -0.3 is 10.6 Å². The molecule has 0 unspecified atom stereocenters. The van der Waals surface area contributed by atoms with E-state index >= 15 is 0 Å². The molecule has 0 radical (unpaired) electrons. The van der Waals surface area contributed by atoms with Gasteiger partial charge in [-0.1, -0.05) is 11.6 Å².